The summed E-state index contributed by atoms with van der Waals surface area (Å²) in [7, 11) is 0. The van der Waals surface area contributed by atoms with Crippen molar-refractivity contribution in [1.82, 2.24) is 9.88 Å². The van der Waals surface area contributed by atoms with Gasteiger partial charge in [-0.1, -0.05) is 13.8 Å². The maximum absolute atomic E-state index is 12.5. The Hall–Kier alpha value is -1.46. The zero-order chi connectivity index (χ0) is 14.7. The van der Waals surface area contributed by atoms with Gasteiger partial charge in [0.15, 0.2) is 0 Å². The standard InChI is InChI=1S/C15H22N2O3/c1-10(2)14-5-4-12(6-16-14)15(19)17-7-13(8-18)20-9-11(17)3/h4-6,10-11,13,18H,7-9H2,1-3H3. The van der Waals surface area contributed by atoms with Gasteiger partial charge in [0.25, 0.3) is 5.91 Å². The lowest BCUT2D eigenvalue weighted by Crippen LogP contribution is -2.52. The summed E-state index contributed by atoms with van der Waals surface area (Å²) in [6, 6.07) is 3.72. The average molecular weight is 278 g/mol. The Bertz CT molecular complexity index is 459. The second-order valence-corrected chi connectivity index (χ2v) is 5.57. The summed E-state index contributed by atoms with van der Waals surface area (Å²) in [6.07, 6.45) is 1.34. The first-order chi connectivity index (χ1) is 9.52. The molecule has 1 aromatic rings. The molecule has 110 valence electrons. The highest BCUT2D eigenvalue weighted by Crippen LogP contribution is 2.17. The molecule has 5 nitrogen and oxygen atoms in total. The van der Waals surface area contributed by atoms with E-state index in [1.807, 2.05) is 19.1 Å². The van der Waals surface area contributed by atoms with Crippen molar-refractivity contribution in [2.24, 2.45) is 0 Å². The van der Waals surface area contributed by atoms with Crippen molar-refractivity contribution < 1.29 is 14.6 Å². The molecule has 1 saturated heterocycles. The number of carbonyl (C=O) groups excluding carboxylic acids is 1. The number of hydrogen-bond donors (Lipinski definition) is 1. The molecule has 1 N–H and O–H groups in total. The zero-order valence-corrected chi connectivity index (χ0v) is 12.2. The molecule has 2 atom stereocenters. The minimum absolute atomic E-state index is 0.00933. The van der Waals surface area contributed by atoms with Gasteiger partial charge in [-0.25, -0.2) is 0 Å². The van der Waals surface area contributed by atoms with E-state index in [9.17, 15) is 4.79 Å². The Morgan fingerprint density at radius 1 is 1.55 bits per heavy atom. The van der Waals surface area contributed by atoms with Gasteiger partial charge in [0.2, 0.25) is 0 Å². The molecule has 0 radical (unpaired) electrons. The summed E-state index contributed by atoms with van der Waals surface area (Å²) in [5.74, 6) is 0.294. The van der Waals surface area contributed by atoms with Crippen LogP contribution in [0.15, 0.2) is 18.3 Å². The number of pyridine rings is 1. The van der Waals surface area contributed by atoms with E-state index in [0.29, 0.717) is 24.6 Å². The Labute approximate surface area is 119 Å². The van der Waals surface area contributed by atoms with Gasteiger partial charge in [-0.15, -0.1) is 0 Å². The van der Waals surface area contributed by atoms with Crippen LogP contribution < -0.4 is 0 Å². The van der Waals surface area contributed by atoms with Crippen LogP contribution in [0, 0.1) is 0 Å². The van der Waals surface area contributed by atoms with E-state index < -0.39 is 0 Å². The average Bonchev–Trinajstić information content (AvgIpc) is 2.47. The lowest BCUT2D eigenvalue weighted by atomic mass is 10.1. The van der Waals surface area contributed by atoms with Crippen LogP contribution in [0.25, 0.3) is 0 Å². The maximum Gasteiger partial charge on any atom is 0.255 e. The smallest absolute Gasteiger partial charge is 0.255 e. The number of carbonyl (C=O) groups is 1. The summed E-state index contributed by atoms with van der Waals surface area (Å²) in [5.41, 5.74) is 1.56. The number of aliphatic hydroxyl groups excluding tert-OH is 1. The van der Waals surface area contributed by atoms with Crippen molar-refractivity contribution in [3.05, 3.63) is 29.6 Å². The van der Waals surface area contributed by atoms with E-state index in [-0.39, 0.29) is 24.7 Å². The maximum atomic E-state index is 12.5. The minimum Gasteiger partial charge on any atom is -0.394 e. The molecule has 2 rings (SSSR count). The SMILES string of the molecule is CC(C)c1ccc(C(=O)N2CC(CO)OCC2C)cn1. The number of morpholine rings is 1. The van der Waals surface area contributed by atoms with Crippen molar-refractivity contribution in [3.8, 4) is 0 Å². The fraction of sp³-hybridized carbons (Fsp3) is 0.600. The number of aromatic nitrogens is 1. The normalized spacial score (nSPS) is 23.1. The molecule has 0 bridgehead atoms. The molecular formula is C15H22N2O3. The van der Waals surface area contributed by atoms with Crippen LogP contribution in [0.1, 0.15) is 42.7 Å². The molecule has 1 fully saturated rings. The Morgan fingerprint density at radius 2 is 2.30 bits per heavy atom. The largest absolute Gasteiger partial charge is 0.394 e. The fourth-order valence-electron chi connectivity index (χ4n) is 2.25. The predicted octanol–water partition coefficient (Wildman–Crippen LogP) is 1.43. The highest BCUT2D eigenvalue weighted by atomic mass is 16.5. The van der Waals surface area contributed by atoms with Crippen LogP contribution in [0.5, 0.6) is 0 Å². The quantitative estimate of drug-likeness (QED) is 0.908. The summed E-state index contributed by atoms with van der Waals surface area (Å²) in [6.45, 7) is 6.89. The summed E-state index contributed by atoms with van der Waals surface area (Å²) < 4.78 is 5.45. The third kappa shape index (κ3) is 3.16. The highest BCUT2D eigenvalue weighted by molar-refractivity contribution is 5.94. The van der Waals surface area contributed by atoms with Crippen molar-refractivity contribution in [2.45, 2.75) is 38.8 Å². The van der Waals surface area contributed by atoms with Crippen molar-refractivity contribution >= 4 is 5.91 Å². The monoisotopic (exact) mass is 278 g/mol. The molecule has 1 amide bonds. The van der Waals surface area contributed by atoms with Crippen LogP contribution in [0.4, 0.5) is 0 Å². The van der Waals surface area contributed by atoms with Crippen LogP contribution in [0.2, 0.25) is 0 Å². The topological polar surface area (TPSA) is 62.7 Å². The van der Waals surface area contributed by atoms with Gasteiger partial charge in [0.05, 0.1) is 30.9 Å². The first-order valence-electron chi connectivity index (χ1n) is 7.02. The predicted molar refractivity (Wildman–Crippen MR) is 75.7 cm³/mol. The van der Waals surface area contributed by atoms with E-state index in [4.69, 9.17) is 9.84 Å². The molecule has 20 heavy (non-hydrogen) atoms. The first kappa shape index (κ1) is 14.9. The van der Waals surface area contributed by atoms with Crippen LogP contribution in [-0.4, -0.2) is 52.8 Å². The molecule has 2 unspecified atom stereocenters. The lowest BCUT2D eigenvalue weighted by Gasteiger charge is -2.37. The van der Waals surface area contributed by atoms with Crippen LogP contribution >= 0.6 is 0 Å². The number of nitrogens with zero attached hydrogens (tertiary/aromatic N) is 2. The molecule has 0 aliphatic carbocycles. The van der Waals surface area contributed by atoms with Gasteiger partial charge < -0.3 is 14.7 Å². The van der Waals surface area contributed by atoms with Gasteiger partial charge in [0.1, 0.15) is 0 Å². The Kier molecular flexibility index (Phi) is 4.73. The molecule has 5 heteroatoms. The van der Waals surface area contributed by atoms with Crippen molar-refractivity contribution in [2.75, 3.05) is 19.8 Å². The minimum atomic E-state index is -0.293. The van der Waals surface area contributed by atoms with E-state index in [1.165, 1.54) is 0 Å². The van der Waals surface area contributed by atoms with E-state index in [1.54, 1.807) is 11.1 Å². The molecule has 1 aliphatic heterocycles. The van der Waals surface area contributed by atoms with Gasteiger partial charge in [-0.05, 0) is 25.0 Å². The third-order valence-electron chi connectivity index (χ3n) is 3.59. The zero-order valence-electron chi connectivity index (χ0n) is 12.2. The number of rotatable bonds is 3. The molecule has 1 aliphatic rings. The molecular weight excluding hydrogens is 256 g/mol. The summed E-state index contributed by atoms with van der Waals surface area (Å²) in [5, 5.41) is 9.17. The van der Waals surface area contributed by atoms with Crippen molar-refractivity contribution in [1.29, 1.82) is 0 Å². The second kappa shape index (κ2) is 6.33. The number of amides is 1. The van der Waals surface area contributed by atoms with Gasteiger partial charge in [0, 0.05) is 18.4 Å². The number of aliphatic hydroxyl groups is 1. The Morgan fingerprint density at radius 3 is 2.85 bits per heavy atom. The summed E-state index contributed by atoms with van der Waals surface area (Å²) >= 11 is 0. The van der Waals surface area contributed by atoms with Gasteiger partial charge in [-0.3, -0.25) is 9.78 Å². The highest BCUT2D eigenvalue weighted by Gasteiger charge is 2.30. The van der Waals surface area contributed by atoms with E-state index in [0.717, 1.165) is 5.69 Å². The number of ether oxygens (including phenoxy) is 1. The first-order valence-corrected chi connectivity index (χ1v) is 7.02. The molecule has 2 heterocycles. The Balaban J connectivity index is 2.13. The lowest BCUT2D eigenvalue weighted by molar-refractivity contribution is -0.0667. The van der Waals surface area contributed by atoms with Gasteiger partial charge in [-0.2, -0.15) is 0 Å². The van der Waals surface area contributed by atoms with Crippen LogP contribution in [-0.2, 0) is 4.74 Å². The second-order valence-electron chi connectivity index (χ2n) is 5.57. The molecule has 0 saturated carbocycles. The van der Waals surface area contributed by atoms with E-state index >= 15 is 0 Å². The fourth-order valence-corrected chi connectivity index (χ4v) is 2.25. The third-order valence-corrected chi connectivity index (χ3v) is 3.59. The summed E-state index contributed by atoms with van der Waals surface area (Å²) in [4.78, 5) is 18.6. The van der Waals surface area contributed by atoms with Gasteiger partial charge >= 0.3 is 0 Å². The molecule has 0 spiro atoms. The molecule has 0 aromatic carbocycles. The van der Waals surface area contributed by atoms with Crippen molar-refractivity contribution in [3.63, 3.8) is 0 Å². The van der Waals surface area contributed by atoms with Crippen LogP contribution in [0.3, 0.4) is 0 Å². The molecule has 1 aromatic heterocycles. The van der Waals surface area contributed by atoms with E-state index in [2.05, 4.69) is 18.8 Å². The number of hydrogen-bond acceptors (Lipinski definition) is 4.